The van der Waals surface area contributed by atoms with Gasteiger partial charge in [0, 0.05) is 17.8 Å². The Hall–Kier alpha value is -2.69. The second kappa shape index (κ2) is 5.99. The number of nitrogens with zero attached hydrogens (tertiary/aromatic N) is 3. The summed E-state index contributed by atoms with van der Waals surface area (Å²) in [5.74, 6) is 0.114. The van der Waals surface area contributed by atoms with Gasteiger partial charge in [-0.2, -0.15) is 5.10 Å². The molecule has 0 bridgehead atoms. The fraction of sp³-hybridized carbons (Fsp3) is 0.350. The summed E-state index contributed by atoms with van der Waals surface area (Å²) < 4.78 is 1.85. The van der Waals surface area contributed by atoms with Crippen molar-refractivity contribution in [3.63, 3.8) is 0 Å². The predicted octanol–water partition coefficient (Wildman–Crippen LogP) is 3.72. The van der Waals surface area contributed by atoms with Gasteiger partial charge in [-0.1, -0.05) is 44.2 Å². The fourth-order valence-electron chi connectivity index (χ4n) is 3.27. The Morgan fingerprint density at radius 1 is 1.24 bits per heavy atom. The highest BCUT2D eigenvalue weighted by Gasteiger charge is 2.27. The standard InChI is InChI=1S/C20H22N4O/c1-12(2)18-16(20(25)22-15-9-10-15)11-21-19-17(13(3)23-24(18)19)14-7-5-4-6-8-14/h4-8,11-12,15H,9-10H2,1-3H3,(H,22,25). The minimum Gasteiger partial charge on any atom is -0.349 e. The highest BCUT2D eigenvalue weighted by atomic mass is 16.1. The maximum Gasteiger partial charge on any atom is 0.254 e. The summed E-state index contributed by atoms with van der Waals surface area (Å²) in [7, 11) is 0. The zero-order chi connectivity index (χ0) is 17.6. The molecule has 25 heavy (non-hydrogen) atoms. The zero-order valence-electron chi connectivity index (χ0n) is 14.8. The molecule has 2 aromatic heterocycles. The van der Waals surface area contributed by atoms with Crippen LogP contribution in [0.15, 0.2) is 36.5 Å². The van der Waals surface area contributed by atoms with Crippen molar-refractivity contribution < 1.29 is 4.79 Å². The van der Waals surface area contributed by atoms with Crippen LogP contribution in [0.4, 0.5) is 0 Å². The van der Waals surface area contributed by atoms with E-state index in [4.69, 9.17) is 5.10 Å². The van der Waals surface area contributed by atoms with Crippen molar-refractivity contribution >= 4 is 11.6 Å². The average Bonchev–Trinajstić information content (AvgIpc) is 3.34. The molecule has 5 nitrogen and oxygen atoms in total. The van der Waals surface area contributed by atoms with Gasteiger partial charge in [0.2, 0.25) is 0 Å². The number of benzene rings is 1. The molecule has 128 valence electrons. The molecule has 0 radical (unpaired) electrons. The number of carbonyl (C=O) groups excluding carboxylic acids is 1. The molecular formula is C20H22N4O. The molecule has 5 heteroatoms. The number of carbonyl (C=O) groups is 1. The van der Waals surface area contributed by atoms with E-state index in [-0.39, 0.29) is 11.8 Å². The first kappa shape index (κ1) is 15.8. The summed E-state index contributed by atoms with van der Waals surface area (Å²) in [6.07, 6.45) is 3.84. The number of aromatic nitrogens is 3. The van der Waals surface area contributed by atoms with Crippen molar-refractivity contribution in [3.8, 4) is 11.1 Å². The van der Waals surface area contributed by atoms with Crippen LogP contribution in [0, 0.1) is 6.92 Å². The maximum absolute atomic E-state index is 12.6. The molecule has 1 saturated carbocycles. The number of rotatable bonds is 4. The Balaban J connectivity index is 1.91. The Morgan fingerprint density at radius 3 is 2.60 bits per heavy atom. The molecule has 0 saturated heterocycles. The molecule has 2 heterocycles. The van der Waals surface area contributed by atoms with E-state index in [9.17, 15) is 4.79 Å². The van der Waals surface area contributed by atoms with E-state index in [2.05, 4.69) is 36.3 Å². The lowest BCUT2D eigenvalue weighted by molar-refractivity contribution is 0.0948. The van der Waals surface area contributed by atoms with Gasteiger partial charge in [-0.25, -0.2) is 9.50 Å². The van der Waals surface area contributed by atoms with Crippen LogP contribution in [-0.2, 0) is 0 Å². The first-order valence-electron chi connectivity index (χ1n) is 8.80. The van der Waals surface area contributed by atoms with Crippen LogP contribution in [0.5, 0.6) is 0 Å². The number of fused-ring (bicyclic) bond motifs is 1. The number of amides is 1. The Kier molecular flexibility index (Phi) is 3.79. The lowest BCUT2D eigenvalue weighted by Gasteiger charge is -2.14. The Morgan fingerprint density at radius 2 is 1.96 bits per heavy atom. The first-order valence-corrected chi connectivity index (χ1v) is 8.80. The normalized spacial score (nSPS) is 14.2. The second-order valence-electron chi connectivity index (χ2n) is 7.02. The molecule has 0 atom stereocenters. The molecule has 1 N–H and O–H groups in total. The van der Waals surface area contributed by atoms with Gasteiger partial charge in [0.1, 0.15) is 0 Å². The van der Waals surface area contributed by atoms with Gasteiger partial charge >= 0.3 is 0 Å². The topological polar surface area (TPSA) is 59.3 Å². The summed E-state index contributed by atoms with van der Waals surface area (Å²) in [4.78, 5) is 17.2. The minimum atomic E-state index is -0.0463. The van der Waals surface area contributed by atoms with Gasteiger partial charge < -0.3 is 5.32 Å². The van der Waals surface area contributed by atoms with Crippen molar-refractivity contribution in [2.45, 2.75) is 45.6 Å². The van der Waals surface area contributed by atoms with Gasteiger partial charge in [0.15, 0.2) is 5.65 Å². The van der Waals surface area contributed by atoms with E-state index < -0.39 is 0 Å². The van der Waals surface area contributed by atoms with E-state index in [1.54, 1.807) is 6.20 Å². The van der Waals surface area contributed by atoms with E-state index in [1.165, 1.54) is 0 Å². The van der Waals surface area contributed by atoms with Crippen LogP contribution in [-0.4, -0.2) is 26.5 Å². The molecule has 1 aromatic carbocycles. The van der Waals surface area contributed by atoms with E-state index in [0.717, 1.165) is 41.0 Å². The van der Waals surface area contributed by atoms with E-state index >= 15 is 0 Å². The van der Waals surface area contributed by atoms with Crippen LogP contribution < -0.4 is 5.32 Å². The van der Waals surface area contributed by atoms with E-state index in [0.29, 0.717) is 11.6 Å². The third kappa shape index (κ3) is 2.80. The fourth-order valence-corrected chi connectivity index (χ4v) is 3.27. The molecule has 0 unspecified atom stereocenters. The smallest absolute Gasteiger partial charge is 0.254 e. The zero-order valence-corrected chi connectivity index (χ0v) is 14.8. The van der Waals surface area contributed by atoms with Crippen LogP contribution in [0.25, 0.3) is 16.8 Å². The number of aryl methyl sites for hydroxylation is 1. The second-order valence-corrected chi connectivity index (χ2v) is 7.02. The number of hydrogen-bond acceptors (Lipinski definition) is 3. The third-order valence-electron chi connectivity index (χ3n) is 4.62. The molecule has 1 aliphatic rings. The van der Waals surface area contributed by atoms with Gasteiger partial charge in [0.05, 0.1) is 17.0 Å². The van der Waals surface area contributed by atoms with Crippen molar-refractivity contribution in [2.75, 3.05) is 0 Å². The summed E-state index contributed by atoms with van der Waals surface area (Å²) in [6, 6.07) is 10.5. The van der Waals surface area contributed by atoms with Crippen LogP contribution in [0.2, 0.25) is 0 Å². The molecule has 0 aliphatic heterocycles. The summed E-state index contributed by atoms with van der Waals surface area (Å²) in [6.45, 7) is 6.16. The van der Waals surface area contributed by atoms with Gasteiger partial charge in [0.25, 0.3) is 5.91 Å². The Bertz CT molecular complexity index is 939. The summed E-state index contributed by atoms with van der Waals surface area (Å²) in [5.41, 5.74) is 5.37. The largest absolute Gasteiger partial charge is 0.349 e. The SMILES string of the molecule is Cc1nn2c(C(C)C)c(C(=O)NC3CC3)cnc2c1-c1ccccc1. The highest BCUT2D eigenvalue weighted by molar-refractivity contribution is 5.96. The van der Waals surface area contributed by atoms with Crippen molar-refractivity contribution in [1.82, 2.24) is 19.9 Å². The molecule has 4 rings (SSSR count). The summed E-state index contributed by atoms with van der Waals surface area (Å²) >= 11 is 0. The van der Waals surface area contributed by atoms with Gasteiger partial charge in [-0.15, -0.1) is 0 Å². The Labute approximate surface area is 147 Å². The number of hydrogen-bond donors (Lipinski definition) is 1. The van der Waals surface area contributed by atoms with Crippen LogP contribution >= 0.6 is 0 Å². The molecule has 0 spiro atoms. The van der Waals surface area contributed by atoms with Crippen molar-refractivity contribution in [3.05, 3.63) is 53.5 Å². The molecule has 1 aliphatic carbocycles. The lowest BCUT2D eigenvalue weighted by Crippen LogP contribution is -2.28. The van der Waals surface area contributed by atoms with Crippen LogP contribution in [0.1, 0.15) is 54.4 Å². The predicted molar refractivity (Wildman–Crippen MR) is 97.7 cm³/mol. The average molecular weight is 334 g/mol. The number of nitrogens with one attached hydrogen (secondary N) is 1. The molecule has 3 aromatic rings. The molecule has 1 amide bonds. The highest BCUT2D eigenvalue weighted by Crippen LogP contribution is 2.30. The van der Waals surface area contributed by atoms with Gasteiger partial charge in [-0.3, -0.25) is 4.79 Å². The third-order valence-corrected chi connectivity index (χ3v) is 4.62. The minimum absolute atomic E-state index is 0.0463. The quantitative estimate of drug-likeness (QED) is 0.791. The van der Waals surface area contributed by atoms with Crippen molar-refractivity contribution in [1.29, 1.82) is 0 Å². The van der Waals surface area contributed by atoms with E-state index in [1.807, 2.05) is 29.6 Å². The maximum atomic E-state index is 12.6. The lowest BCUT2D eigenvalue weighted by atomic mass is 10.0. The molecular weight excluding hydrogens is 312 g/mol. The van der Waals surface area contributed by atoms with Crippen LogP contribution in [0.3, 0.4) is 0 Å². The molecule has 1 fully saturated rings. The monoisotopic (exact) mass is 334 g/mol. The summed E-state index contributed by atoms with van der Waals surface area (Å²) in [5, 5.41) is 7.79. The van der Waals surface area contributed by atoms with Crippen molar-refractivity contribution in [2.24, 2.45) is 0 Å². The van der Waals surface area contributed by atoms with Gasteiger partial charge in [-0.05, 0) is 31.2 Å². The first-order chi connectivity index (χ1) is 12.1.